The zero-order valence-electron chi connectivity index (χ0n) is 28.7. The number of likely N-dealkylation sites (tertiary alicyclic amines) is 1. The van der Waals surface area contributed by atoms with E-state index in [9.17, 15) is 32.4 Å². The van der Waals surface area contributed by atoms with Crippen LogP contribution >= 0.6 is 0 Å². The number of rotatable bonds is 13. The number of hydrogen-bond acceptors (Lipinski definition) is 7. The maximum absolute atomic E-state index is 14.3. The van der Waals surface area contributed by atoms with E-state index in [0.717, 1.165) is 38.4 Å². The summed E-state index contributed by atoms with van der Waals surface area (Å²) in [6.07, 6.45) is 7.72. The summed E-state index contributed by atoms with van der Waals surface area (Å²) < 4.78 is 24.6. The third kappa shape index (κ3) is 8.41. The number of amides is 5. The van der Waals surface area contributed by atoms with Crippen molar-refractivity contribution < 1.29 is 32.4 Å². The molecule has 5 atom stereocenters. The molecule has 0 aromatic rings. The maximum atomic E-state index is 14.3. The van der Waals surface area contributed by atoms with Gasteiger partial charge in [-0.3, -0.25) is 19.2 Å². The van der Waals surface area contributed by atoms with E-state index in [1.54, 1.807) is 0 Å². The topological polar surface area (TPSA) is 171 Å². The Labute approximate surface area is 274 Å². The number of hydrogen-bond donors (Lipinski definition) is 4. The van der Waals surface area contributed by atoms with E-state index >= 15 is 0 Å². The molecular formula is C33H55N5O7S. The molecule has 1 aliphatic heterocycles. The van der Waals surface area contributed by atoms with Crippen molar-refractivity contribution in [2.75, 3.05) is 25.1 Å². The molecule has 0 aromatic heterocycles. The number of piperidine rings is 1. The van der Waals surface area contributed by atoms with E-state index in [0.29, 0.717) is 38.8 Å². The number of carbonyl (C=O) groups is 5. The zero-order valence-corrected chi connectivity index (χ0v) is 29.5. The van der Waals surface area contributed by atoms with Crippen LogP contribution in [0.2, 0.25) is 0 Å². The first kappa shape index (κ1) is 36.1. The van der Waals surface area contributed by atoms with Gasteiger partial charge >= 0.3 is 6.03 Å². The van der Waals surface area contributed by atoms with Crippen LogP contribution in [0.5, 0.6) is 0 Å². The van der Waals surface area contributed by atoms with Gasteiger partial charge in [0.1, 0.15) is 21.9 Å². The standard InChI is InChI=1S/C33H55N5O7S/c1-8-16-34-28(41)25(39)22(17-20-12-13-20)35-27(40)24-23-21(32(23,5)6)18-38(24)29(42)26(31(2,3)4)36-30(43)37-33(19-46(7,44)45)14-10-9-11-15-33/h20-24,26H,8-19H2,1-7H3,(H,34,41)(H,35,40)(H2,36,37,43)/t21-,22?,23-,24-,26+/m0/s1. The van der Waals surface area contributed by atoms with Crippen LogP contribution in [-0.2, 0) is 29.0 Å². The van der Waals surface area contributed by atoms with Crippen LogP contribution in [0.4, 0.5) is 4.79 Å². The highest BCUT2D eigenvalue weighted by molar-refractivity contribution is 7.90. The van der Waals surface area contributed by atoms with Crippen molar-refractivity contribution in [1.29, 1.82) is 0 Å². The highest BCUT2D eigenvalue weighted by atomic mass is 32.2. The van der Waals surface area contributed by atoms with Gasteiger partial charge in [-0.05, 0) is 54.3 Å². The second-order valence-electron chi connectivity index (χ2n) is 16.1. The summed E-state index contributed by atoms with van der Waals surface area (Å²) in [6.45, 7) is 12.2. The third-order valence-electron chi connectivity index (χ3n) is 10.5. The summed E-state index contributed by atoms with van der Waals surface area (Å²) in [7, 11) is -3.38. The lowest BCUT2D eigenvalue weighted by molar-refractivity contribution is -0.145. The zero-order chi connectivity index (χ0) is 34.2. The second kappa shape index (κ2) is 13.4. The number of fused-ring (bicyclic) bond motifs is 1. The molecule has 46 heavy (non-hydrogen) atoms. The minimum absolute atomic E-state index is 0.0763. The van der Waals surface area contributed by atoms with Crippen molar-refractivity contribution >= 4 is 39.4 Å². The smallest absolute Gasteiger partial charge is 0.315 e. The van der Waals surface area contributed by atoms with Gasteiger partial charge in [0.15, 0.2) is 0 Å². The monoisotopic (exact) mass is 665 g/mol. The fraction of sp³-hybridized carbons (Fsp3) is 0.848. The Hall–Kier alpha value is -2.70. The maximum Gasteiger partial charge on any atom is 0.315 e. The van der Waals surface area contributed by atoms with Crippen LogP contribution in [-0.4, -0.2) is 91.6 Å². The van der Waals surface area contributed by atoms with Crippen LogP contribution in [0.1, 0.15) is 99.3 Å². The predicted molar refractivity (Wildman–Crippen MR) is 174 cm³/mol. The van der Waals surface area contributed by atoms with Gasteiger partial charge in [-0.1, -0.05) is 73.6 Å². The van der Waals surface area contributed by atoms with E-state index in [1.807, 2.05) is 27.7 Å². The van der Waals surface area contributed by atoms with Gasteiger partial charge in [0.25, 0.3) is 5.91 Å². The minimum Gasteiger partial charge on any atom is -0.349 e. The first-order valence-electron chi connectivity index (χ1n) is 17.0. The molecule has 13 heteroatoms. The fourth-order valence-corrected chi connectivity index (χ4v) is 9.10. The van der Waals surface area contributed by atoms with Crippen molar-refractivity contribution in [1.82, 2.24) is 26.2 Å². The molecule has 0 radical (unpaired) electrons. The van der Waals surface area contributed by atoms with E-state index in [-0.39, 0.29) is 28.9 Å². The summed E-state index contributed by atoms with van der Waals surface area (Å²) >= 11 is 0. The number of urea groups is 1. The normalized spacial score (nSPS) is 26.2. The van der Waals surface area contributed by atoms with Gasteiger partial charge in [0.05, 0.1) is 17.3 Å². The molecule has 1 saturated heterocycles. The van der Waals surface area contributed by atoms with Crippen molar-refractivity contribution in [3.63, 3.8) is 0 Å². The number of ketones is 1. The highest BCUT2D eigenvalue weighted by Crippen LogP contribution is 2.65. The first-order chi connectivity index (χ1) is 21.3. The van der Waals surface area contributed by atoms with Crippen molar-refractivity contribution in [3.05, 3.63) is 0 Å². The number of Topliss-reactive ketones (excluding diaryl/α,β-unsaturated/α-hetero) is 1. The Morgan fingerprint density at radius 2 is 1.61 bits per heavy atom. The lowest BCUT2D eigenvalue weighted by Crippen LogP contribution is -2.63. The Bertz CT molecular complexity index is 1310. The fourth-order valence-electron chi connectivity index (χ4n) is 7.73. The third-order valence-corrected chi connectivity index (χ3v) is 11.6. The quantitative estimate of drug-likeness (QED) is 0.219. The molecule has 4 fully saturated rings. The number of carbonyl (C=O) groups excluding carboxylic acids is 5. The highest BCUT2D eigenvalue weighted by Gasteiger charge is 2.70. The van der Waals surface area contributed by atoms with E-state index < -0.39 is 68.5 Å². The number of nitrogens with zero attached hydrogens (tertiary/aromatic N) is 1. The lowest BCUT2D eigenvalue weighted by Gasteiger charge is -2.40. The molecule has 0 bridgehead atoms. The number of nitrogens with one attached hydrogen (secondary N) is 4. The molecule has 3 aliphatic carbocycles. The van der Waals surface area contributed by atoms with Crippen LogP contribution in [0.3, 0.4) is 0 Å². The van der Waals surface area contributed by atoms with Gasteiger partial charge < -0.3 is 26.2 Å². The molecule has 1 heterocycles. The second-order valence-corrected chi connectivity index (χ2v) is 18.2. The Morgan fingerprint density at radius 3 is 2.15 bits per heavy atom. The summed E-state index contributed by atoms with van der Waals surface area (Å²) in [5, 5.41) is 11.3. The average Bonchev–Trinajstić information content (AvgIpc) is 3.79. The molecule has 5 amide bonds. The molecule has 0 aromatic carbocycles. The molecule has 260 valence electrons. The van der Waals surface area contributed by atoms with Gasteiger partial charge in [-0.25, -0.2) is 13.2 Å². The molecule has 1 unspecified atom stereocenters. The minimum atomic E-state index is -3.38. The van der Waals surface area contributed by atoms with Crippen LogP contribution in [0, 0.1) is 28.6 Å². The first-order valence-corrected chi connectivity index (χ1v) is 19.0. The summed E-state index contributed by atoms with van der Waals surface area (Å²) in [6, 6.07) is -3.45. The van der Waals surface area contributed by atoms with E-state index in [2.05, 4.69) is 35.1 Å². The van der Waals surface area contributed by atoms with Crippen LogP contribution in [0.25, 0.3) is 0 Å². The lowest BCUT2D eigenvalue weighted by atomic mass is 9.83. The predicted octanol–water partition coefficient (Wildman–Crippen LogP) is 2.31. The van der Waals surface area contributed by atoms with Crippen LogP contribution in [0.15, 0.2) is 0 Å². The van der Waals surface area contributed by atoms with Crippen LogP contribution < -0.4 is 21.3 Å². The molecule has 4 rings (SSSR count). The summed E-state index contributed by atoms with van der Waals surface area (Å²) in [5.41, 5.74) is -1.83. The Balaban J connectivity index is 1.53. The average molecular weight is 666 g/mol. The number of sulfone groups is 1. The molecule has 12 nitrogen and oxygen atoms in total. The SMILES string of the molecule is CCCNC(=O)C(=O)C(CC1CC1)NC(=O)[C@@H]1[C@@H]2[C@H](CN1C(=O)[C@@H](NC(=O)NC1(CS(C)(=O)=O)CCCCC1)C(C)(C)C)C2(C)C. The molecule has 4 aliphatic rings. The van der Waals surface area contributed by atoms with Crippen molar-refractivity contribution in [2.24, 2.45) is 28.6 Å². The van der Waals surface area contributed by atoms with Crippen molar-refractivity contribution in [3.8, 4) is 0 Å². The summed E-state index contributed by atoms with van der Waals surface area (Å²) in [5.74, 6) is -2.21. The summed E-state index contributed by atoms with van der Waals surface area (Å²) in [4.78, 5) is 69.1. The van der Waals surface area contributed by atoms with Gasteiger partial charge in [-0.2, -0.15) is 0 Å². The Morgan fingerprint density at radius 1 is 0.978 bits per heavy atom. The largest absolute Gasteiger partial charge is 0.349 e. The Kier molecular flexibility index (Phi) is 10.6. The molecular weight excluding hydrogens is 610 g/mol. The van der Waals surface area contributed by atoms with Crippen molar-refractivity contribution in [2.45, 2.75) is 123 Å². The van der Waals surface area contributed by atoms with E-state index in [1.165, 1.54) is 4.90 Å². The molecule has 3 saturated carbocycles. The van der Waals surface area contributed by atoms with E-state index in [4.69, 9.17) is 0 Å². The van der Waals surface area contributed by atoms with Gasteiger partial charge in [0, 0.05) is 19.3 Å². The van der Waals surface area contributed by atoms with Gasteiger partial charge in [0.2, 0.25) is 17.6 Å². The van der Waals surface area contributed by atoms with Gasteiger partial charge in [-0.15, -0.1) is 0 Å². The molecule has 4 N–H and O–H groups in total. The molecule has 0 spiro atoms.